The SMILES string of the molecule is COCCN1CN(CF)n2cc(C(=O)NCc3ccc(F)cc3F)c(=O)c(O)c2C1=O. The van der Waals surface area contributed by atoms with E-state index < -0.39 is 52.7 Å². The first-order valence-corrected chi connectivity index (χ1v) is 9.08. The second-order valence-electron chi connectivity index (χ2n) is 6.66. The number of methoxy groups -OCH3 is 1. The summed E-state index contributed by atoms with van der Waals surface area (Å²) in [7, 11) is 1.42. The molecule has 3 rings (SSSR count). The molecule has 1 aliphatic heterocycles. The zero-order valence-electron chi connectivity index (χ0n) is 16.4. The van der Waals surface area contributed by atoms with E-state index in [9.17, 15) is 32.7 Å². The fourth-order valence-corrected chi connectivity index (χ4v) is 3.06. The van der Waals surface area contributed by atoms with E-state index in [2.05, 4.69) is 5.32 Å². The monoisotopic (exact) mass is 440 g/mol. The van der Waals surface area contributed by atoms with Gasteiger partial charge in [-0.15, -0.1) is 0 Å². The van der Waals surface area contributed by atoms with Crippen LogP contribution in [0.25, 0.3) is 0 Å². The molecule has 1 aliphatic rings. The number of carbonyl (C=O) groups is 2. The van der Waals surface area contributed by atoms with Crippen molar-refractivity contribution in [2.75, 3.05) is 38.7 Å². The van der Waals surface area contributed by atoms with Crippen LogP contribution < -0.4 is 15.8 Å². The molecule has 31 heavy (non-hydrogen) atoms. The van der Waals surface area contributed by atoms with Gasteiger partial charge in [0.15, 0.2) is 18.2 Å². The molecule has 12 heteroatoms. The molecule has 0 aliphatic carbocycles. The molecule has 0 bridgehead atoms. The van der Waals surface area contributed by atoms with Gasteiger partial charge in [0.05, 0.1) is 6.61 Å². The van der Waals surface area contributed by atoms with Crippen LogP contribution >= 0.6 is 0 Å². The number of benzene rings is 1. The molecule has 0 spiro atoms. The van der Waals surface area contributed by atoms with Crippen molar-refractivity contribution in [1.29, 1.82) is 0 Å². The van der Waals surface area contributed by atoms with Gasteiger partial charge < -0.3 is 20.1 Å². The molecular weight excluding hydrogens is 421 g/mol. The normalized spacial score (nSPS) is 13.4. The third kappa shape index (κ3) is 4.33. The van der Waals surface area contributed by atoms with Crippen LogP contribution in [-0.4, -0.2) is 60.2 Å². The Balaban J connectivity index is 1.91. The minimum absolute atomic E-state index is 0.0358. The molecule has 2 N–H and O–H groups in total. The van der Waals surface area contributed by atoms with E-state index in [0.29, 0.717) is 6.07 Å². The molecular formula is C19H19F3N4O5. The quantitative estimate of drug-likeness (QED) is 0.614. The highest BCUT2D eigenvalue weighted by Gasteiger charge is 2.34. The minimum atomic E-state index is -1.15. The second-order valence-corrected chi connectivity index (χ2v) is 6.66. The van der Waals surface area contributed by atoms with Crippen LogP contribution in [0.4, 0.5) is 13.2 Å². The second kappa shape index (κ2) is 9.08. The van der Waals surface area contributed by atoms with Gasteiger partial charge in [0, 0.05) is 38.0 Å². The topological polar surface area (TPSA) is 104 Å². The van der Waals surface area contributed by atoms with Crippen LogP contribution in [0.15, 0.2) is 29.2 Å². The molecule has 0 unspecified atom stereocenters. The van der Waals surface area contributed by atoms with Crippen molar-refractivity contribution in [3.05, 3.63) is 63.1 Å². The number of pyridine rings is 1. The summed E-state index contributed by atoms with van der Waals surface area (Å²) in [4.78, 5) is 38.8. The summed E-state index contributed by atoms with van der Waals surface area (Å²) in [5.74, 6) is -4.44. The number of halogens is 3. The number of nitrogens with one attached hydrogen (secondary N) is 1. The Kier molecular flexibility index (Phi) is 6.49. The number of aromatic nitrogens is 1. The maximum absolute atomic E-state index is 13.7. The van der Waals surface area contributed by atoms with Gasteiger partial charge in [-0.2, -0.15) is 0 Å². The zero-order valence-corrected chi connectivity index (χ0v) is 16.4. The molecule has 0 radical (unpaired) electrons. The van der Waals surface area contributed by atoms with Crippen molar-refractivity contribution in [3.63, 3.8) is 0 Å². The number of alkyl halides is 1. The highest BCUT2D eigenvalue weighted by Crippen LogP contribution is 2.21. The van der Waals surface area contributed by atoms with Crippen LogP contribution in [0, 0.1) is 11.6 Å². The van der Waals surface area contributed by atoms with E-state index in [1.165, 1.54) is 12.0 Å². The van der Waals surface area contributed by atoms with E-state index in [0.717, 1.165) is 28.0 Å². The van der Waals surface area contributed by atoms with Gasteiger partial charge in [0.1, 0.15) is 23.9 Å². The largest absolute Gasteiger partial charge is 0.502 e. The number of fused-ring (bicyclic) bond motifs is 1. The Morgan fingerprint density at radius 3 is 2.68 bits per heavy atom. The summed E-state index contributed by atoms with van der Waals surface area (Å²) in [6, 6.07) is 2.77. The van der Waals surface area contributed by atoms with E-state index >= 15 is 0 Å². The molecule has 2 aromatic rings. The van der Waals surface area contributed by atoms with Crippen molar-refractivity contribution in [1.82, 2.24) is 14.9 Å². The molecule has 0 saturated carbocycles. The number of ether oxygens (including phenoxy) is 1. The average molecular weight is 440 g/mol. The van der Waals surface area contributed by atoms with Crippen molar-refractivity contribution in [3.8, 4) is 5.75 Å². The van der Waals surface area contributed by atoms with Crippen molar-refractivity contribution >= 4 is 11.8 Å². The highest BCUT2D eigenvalue weighted by atomic mass is 19.1. The van der Waals surface area contributed by atoms with E-state index in [-0.39, 0.29) is 31.9 Å². The Labute approximate surface area is 174 Å². The minimum Gasteiger partial charge on any atom is -0.502 e. The lowest BCUT2D eigenvalue weighted by molar-refractivity contribution is 0.0609. The van der Waals surface area contributed by atoms with Crippen LogP contribution in [0.3, 0.4) is 0 Å². The molecule has 1 aromatic carbocycles. The Morgan fingerprint density at radius 2 is 2.03 bits per heavy atom. The van der Waals surface area contributed by atoms with Gasteiger partial charge in [0.2, 0.25) is 5.43 Å². The van der Waals surface area contributed by atoms with Gasteiger partial charge >= 0.3 is 0 Å². The third-order valence-corrected chi connectivity index (χ3v) is 4.70. The van der Waals surface area contributed by atoms with Gasteiger partial charge in [-0.1, -0.05) is 6.07 Å². The Hall–Kier alpha value is -3.54. The summed E-state index contributed by atoms with van der Waals surface area (Å²) in [5.41, 5.74) is -2.26. The van der Waals surface area contributed by atoms with Crippen molar-refractivity contribution in [2.24, 2.45) is 0 Å². The Morgan fingerprint density at radius 1 is 1.29 bits per heavy atom. The predicted octanol–water partition coefficient (Wildman–Crippen LogP) is 0.687. The maximum Gasteiger partial charge on any atom is 0.277 e. The summed E-state index contributed by atoms with van der Waals surface area (Å²) >= 11 is 0. The summed E-state index contributed by atoms with van der Waals surface area (Å²) in [5, 5.41) is 13.6. The van der Waals surface area contributed by atoms with E-state index in [1.807, 2.05) is 0 Å². The molecule has 2 amide bonds. The summed E-state index contributed by atoms with van der Waals surface area (Å²) < 4.78 is 46.1. The lowest BCUT2D eigenvalue weighted by Gasteiger charge is -2.38. The van der Waals surface area contributed by atoms with Gasteiger partial charge in [0.25, 0.3) is 11.8 Å². The molecule has 0 atom stereocenters. The van der Waals surface area contributed by atoms with Crippen LogP contribution in [-0.2, 0) is 11.3 Å². The summed E-state index contributed by atoms with van der Waals surface area (Å²) in [6.07, 6.45) is 0.929. The molecule has 0 fully saturated rings. The highest BCUT2D eigenvalue weighted by molar-refractivity contribution is 5.99. The maximum atomic E-state index is 13.7. The molecule has 166 valence electrons. The number of carbonyl (C=O) groups excluding carboxylic acids is 2. The fraction of sp³-hybridized carbons (Fsp3) is 0.316. The molecule has 9 nitrogen and oxygen atoms in total. The predicted molar refractivity (Wildman–Crippen MR) is 102 cm³/mol. The van der Waals surface area contributed by atoms with Crippen LogP contribution in [0.5, 0.6) is 5.75 Å². The number of amides is 2. The fourth-order valence-electron chi connectivity index (χ4n) is 3.06. The first-order chi connectivity index (χ1) is 14.8. The number of nitrogens with zero attached hydrogens (tertiary/aromatic N) is 3. The number of hydrogen-bond donors (Lipinski definition) is 2. The molecule has 1 aromatic heterocycles. The first kappa shape index (κ1) is 22.2. The number of rotatable bonds is 7. The van der Waals surface area contributed by atoms with Crippen LogP contribution in [0.1, 0.15) is 26.4 Å². The lowest BCUT2D eigenvalue weighted by atomic mass is 10.1. The zero-order chi connectivity index (χ0) is 22.7. The first-order valence-electron chi connectivity index (χ1n) is 9.08. The van der Waals surface area contributed by atoms with E-state index in [4.69, 9.17) is 4.74 Å². The van der Waals surface area contributed by atoms with Crippen LogP contribution in [0.2, 0.25) is 0 Å². The van der Waals surface area contributed by atoms with E-state index in [1.54, 1.807) is 0 Å². The number of aromatic hydroxyl groups is 1. The average Bonchev–Trinajstić information content (AvgIpc) is 2.74. The Bertz CT molecular complexity index is 1080. The van der Waals surface area contributed by atoms with Gasteiger partial charge in [-0.25, -0.2) is 13.2 Å². The molecule has 2 heterocycles. The third-order valence-electron chi connectivity index (χ3n) is 4.70. The lowest BCUT2D eigenvalue weighted by Crippen LogP contribution is -2.55. The summed E-state index contributed by atoms with van der Waals surface area (Å²) in [6.45, 7) is -1.44. The van der Waals surface area contributed by atoms with Crippen molar-refractivity contribution < 1.29 is 32.6 Å². The standard InChI is InChI=1S/C19H19F3N4O5/c1-31-5-4-24-10-25(9-20)26-8-13(16(27)17(28)15(26)19(24)30)18(29)23-7-11-2-3-12(21)6-14(11)22/h2-3,6,8,28H,4-5,7,9-10H2,1H3,(H,23,29). The smallest absolute Gasteiger partial charge is 0.277 e. The number of hydrogen-bond acceptors (Lipinski definition) is 6. The van der Waals surface area contributed by atoms with Gasteiger partial charge in [-0.05, 0) is 6.07 Å². The van der Waals surface area contributed by atoms with Crippen molar-refractivity contribution in [2.45, 2.75) is 6.54 Å². The van der Waals surface area contributed by atoms with Gasteiger partial charge in [-0.3, -0.25) is 24.1 Å². The molecule has 0 saturated heterocycles.